The number of unbranched alkanes of at least 4 members (excludes halogenated alkanes) is 13. The summed E-state index contributed by atoms with van der Waals surface area (Å²) in [6.45, 7) is 3.62. The predicted octanol–water partition coefficient (Wildman–Crippen LogP) is 8.58. The van der Waals surface area contributed by atoms with Gasteiger partial charge in [-0.3, -0.25) is 10.1 Å². The van der Waals surface area contributed by atoms with E-state index in [0.717, 1.165) is 32.1 Å². The second-order valence-corrected chi connectivity index (χ2v) is 9.98. The topological polar surface area (TPSA) is 93.0 Å². The van der Waals surface area contributed by atoms with E-state index < -0.39 is 0 Å². The molecule has 0 fully saturated rings. The third-order valence-electron chi connectivity index (χ3n) is 6.95. The van der Waals surface area contributed by atoms with Gasteiger partial charge < -0.3 is 10.6 Å². The van der Waals surface area contributed by atoms with E-state index in [9.17, 15) is 10.1 Å². The molecule has 7 heteroatoms. The Labute approximate surface area is 213 Å². The smallest absolute Gasteiger partial charge is 0.353 e. The summed E-state index contributed by atoms with van der Waals surface area (Å²) in [6.07, 6.45) is 27.9. The van der Waals surface area contributed by atoms with E-state index in [1.165, 1.54) is 102 Å². The number of hydrogen-bond donors (Lipinski definition) is 2. The van der Waals surface area contributed by atoms with Gasteiger partial charge >= 0.3 is 5.69 Å². The summed E-state index contributed by atoms with van der Waals surface area (Å²) in [6, 6.07) is 0. The minimum absolute atomic E-state index is 0.0458. The van der Waals surface area contributed by atoms with Gasteiger partial charge in [0.25, 0.3) is 0 Å². The first-order chi connectivity index (χ1) is 17.2. The van der Waals surface area contributed by atoms with Crippen molar-refractivity contribution < 1.29 is 4.92 Å². The van der Waals surface area contributed by atoms with E-state index in [2.05, 4.69) is 33.6 Å². The van der Waals surface area contributed by atoms with E-state index in [0.29, 0.717) is 24.7 Å². The summed E-state index contributed by atoms with van der Waals surface area (Å²) in [7, 11) is 0. The molecule has 0 aromatic carbocycles. The van der Waals surface area contributed by atoms with Crippen LogP contribution < -0.4 is 10.6 Å². The predicted molar refractivity (Wildman–Crippen MR) is 147 cm³/mol. The first kappa shape index (κ1) is 29.1. The van der Waals surface area contributed by atoms with E-state index in [1.54, 1.807) is 0 Å². The summed E-state index contributed by atoms with van der Waals surface area (Å²) in [5.41, 5.74) is 1.40. The first-order valence-corrected chi connectivity index (χ1v) is 14.4. The van der Waals surface area contributed by atoms with Crippen LogP contribution in [0, 0.1) is 10.1 Å². The van der Waals surface area contributed by atoms with Crippen molar-refractivity contribution in [3.8, 4) is 0 Å². The summed E-state index contributed by atoms with van der Waals surface area (Å²) < 4.78 is 0. The molecule has 1 aromatic rings. The third-order valence-corrected chi connectivity index (χ3v) is 6.95. The van der Waals surface area contributed by atoms with E-state index in [1.807, 2.05) is 0 Å². The van der Waals surface area contributed by atoms with E-state index >= 15 is 0 Å². The Bertz CT molecular complexity index is 738. The minimum atomic E-state index is -0.379. The lowest BCUT2D eigenvalue weighted by Gasteiger charge is -2.13. The normalized spacial score (nSPS) is 13.5. The number of nitro groups is 1. The molecular formula is C28H49N5O2. The number of nitrogens with one attached hydrogen (secondary N) is 2. The lowest BCUT2D eigenvalue weighted by Crippen LogP contribution is -2.12. The highest BCUT2D eigenvalue weighted by atomic mass is 16.6. The summed E-state index contributed by atoms with van der Waals surface area (Å²) in [5.74, 6) is 0.629. The molecule has 0 saturated carbocycles. The lowest BCUT2D eigenvalue weighted by atomic mass is 9.97. The minimum Gasteiger partial charge on any atom is -0.364 e. The monoisotopic (exact) mass is 487 g/mol. The van der Waals surface area contributed by atoms with Gasteiger partial charge in [0, 0.05) is 13.1 Å². The lowest BCUT2D eigenvalue weighted by molar-refractivity contribution is -0.383. The highest BCUT2D eigenvalue weighted by Crippen LogP contribution is 2.29. The van der Waals surface area contributed by atoms with Crippen molar-refractivity contribution in [2.75, 3.05) is 23.7 Å². The summed E-state index contributed by atoms with van der Waals surface area (Å²) >= 11 is 0. The molecule has 0 radical (unpaired) electrons. The van der Waals surface area contributed by atoms with Gasteiger partial charge in [-0.25, -0.2) is 9.97 Å². The van der Waals surface area contributed by atoms with Crippen LogP contribution in [0.15, 0.2) is 18.0 Å². The average molecular weight is 488 g/mol. The van der Waals surface area contributed by atoms with Gasteiger partial charge in [0.1, 0.15) is 6.33 Å². The van der Waals surface area contributed by atoms with Gasteiger partial charge in [-0.2, -0.15) is 0 Å². The molecule has 0 bridgehead atoms. The summed E-state index contributed by atoms with van der Waals surface area (Å²) in [4.78, 5) is 19.6. The Kier molecular flexibility index (Phi) is 15.8. The standard InChI is InChI=1S/C28H49N5O2/c1-2-3-4-5-6-7-8-9-10-11-12-13-14-18-22-29-27-26(33(34)35)28(32-24-31-27)30-23-21-25-19-16-15-17-20-25/h19,24H,2-18,20-23H2,1H3,(H2,29,30,31,32). The maximum Gasteiger partial charge on any atom is 0.353 e. The maximum atomic E-state index is 11.7. The fraction of sp³-hybridized carbons (Fsp3) is 0.786. The zero-order chi connectivity index (χ0) is 25.0. The molecular weight excluding hydrogens is 438 g/mol. The van der Waals surface area contributed by atoms with Crippen LogP contribution in [0.2, 0.25) is 0 Å². The molecule has 0 amide bonds. The van der Waals surface area contributed by atoms with Gasteiger partial charge in [0.2, 0.25) is 11.6 Å². The van der Waals surface area contributed by atoms with Crippen molar-refractivity contribution in [3.05, 3.63) is 28.1 Å². The molecule has 7 nitrogen and oxygen atoms in total. The Hall–Kier alpha value is -2.18. The number of hydrogen-bond acceptors (Lipinski definition) is 6. The fourth-order valence-corrected chi connectivity index (χ4v) is 4.81. The third kappa shape index (κ3) is 12.9. The largest absolute Gasteiger partial charge is 0.364 e. The molecule has 2 rings (SSSR count). The molecule has 0 aliphatic heterocycles. The van der Waals surface area contributed by atoms with Crippen molar-refractivity contribution in [1.29, 1.82) is 0 Å². The van der Waals surface area contributed by atoms with Crippen LogP contribution in [0.25, 0.3) is 0 Å². The second-order valence-electron chi connectivity index (χ2n) is 9.98. The van der Waals surface area contributed by atoms with Gasteiger partial charge in [-0.05, 0) is 38.5 Å². The Morgan fingerprint density at radius 2 is 1.34 bits per heavy atom. The van der Waals surface area contributed by atoms with Crippen LogP contribution in [0.5, 0.6) is 0 Å². The van der Waals surface area contributed by atoms with E-state index in [-0.39, 0.29) is 10.6 Å². The van der Waals surface area contributed by atoms with E-state index in [4.69, 9.17) is 0 Å². The van der Waals surface area contributed by atoms with Crippen LogP contribution in [-0.4, -0.2) is 28.0 Å². The SMILES string of the molecule is CCCCCCCCCCCCCCCCNc1ncnc(NCCC2=CCCCC2)c1[N+](=O)[O-]. The van der Waals surface area contributed by atoms with Crippen molar-refractivity contribution in [1.82, 2.24) is 9.97 Å². The Morgan fingerprint density at radius 1 is 0.800 bits per heavy atom. The molecule has 35 heavy (non-hydrogen) atoms. The maximum absolute atomic E-state index is 11.7. The Balaban J connectivity index is 1.56. The van der Waals surface area contributed by atoms with Crippen molar-refractivity contribution in [3.63, 3.8) is 0 Å². The Morgan fingerprint density at radius 3 is 1.86 bits per heavy atom. The highest BCUT2D eigenvalue weighted by molar-refractivity contribution is 5.69. The zero-order valence-corrected chi connectivity index (χ0v) is 22.2. The molecule has 1 aliphatic rings. The van der Waals surface area contributed by atoms with Crippen LogP contribution >= 0.6 is 0 Å². The molecule has 0 unspecified atom stereocenters. The molecule has 0 spiro atoms. The molecule has 0 saturated heterocycles. The van der Waals surface area contributed by atoms with Crippen LogP contribution in [0.1, 0.15) is 129 Å². The van der Waals surface area contributed by atoms with Gasteiger partial charge in [0.05, 0.1) is 4.92 Å². The van der Waals surface area contributed by atoms with Crippen LogP contribution in [-0.2, 0) is 0 Å². The number of nitrogens with zero attached hydrogens (tertiary/aromatic N) is 3. The van der Waals surface area contributed by atoms with Gasteiger partial charge in [0.15, 0.2) is 0 Å². The number of anilines is 2. The molecule has 1 heterocycles. The van der Waals surface area contributed by atoms with Crippen molar-refractivity contribution in [2.45, 2.75) is 129 Å². The molecule has 2 N–H and O–H groups in total. The van der Waals surface area contributed by atoms with Gasteiger partial charge in [-0.15, -0.1) is 0 Å². The van der Waals surface area contributed by atoms with Crippen molar-refractivity contribution in [2.24, 2.45) is 0 Å². The summed E-state index contributed by atoms with van der Waals surface area (Å²) in [5, 5.41) is 18.0. The molecule has 198 valence electrons. The molecule has 0 atom stereocenters. The highest BCUT2D eigenvalue weighted by Gasteiger charge is 2.22. The van der Waals surface area contributed by atoms with Crippen LogP contribution in [0.4, 0.5) is 17.3 Å². The second kappa shape index (κ2) is 19.1. The fourth-order valence-electron chi connectivity index (χ4n) is 4.81. The van der Waals surface area contributed by atoms with Crippen molar-refractivity contribution >= 4 is 17.3 Å². The quantitative estimate of drug-likeness (QED) is 0.0780. The molecule has 1 aromatic heterocycles. The number of rotatable bonds is 21. The number of aromatic nitrogens is 2. The zero-order valence-electron chi connectivity index (χ0n) is 22.2. The molecule has 1 aliphatic carbocycles. The number of allylic oxidation sites excluding steroid dienone is 1. The van der Waals surface area contributed by atoms with Crippen LogP contribution in [0.3, 0.4) is 0 Å². The first-order valence-electron chi connectivity index (χ1n) is 14.4. The average Bonchev–Trinajstić information content (AvgIpc) is 2.87. The van der Waals surface area contributed by atoms with Gasteiger partial charge in [-0.1, -0.05) is 102 Å².